The lowest BCUT2D eigenvalue weighted by Crippen LogP contribution is -1.94. The van der Waals surface area contributed by atoms with E-state index in [0.29, 0.717) is 17.4 Å². The zero-order chi connectivity index (χ0) is 14.7. The highest BCUT2D eigenvalue weighted by atomic mass is 79.9. The highest BCUT2D eigenvalue weighted by Gasteiger charge is 2.13. The molecule has 0 bridgehead atoms. The van der Waals surface area contributed by atoms with Gasteiger partial charge in [0, 0.05) is 10.9 Å². The molecule has 5 heteroatoms. The normalized spacial score (nSPS) is 10.7. The largest absolute Gasteiger partial charge is 0.397 e. The van der Waals surface area contributed by atoms with Gasteiger partial charge in [-0.15, -0.1) is 0 Å². The van der Waals surface area contributed by atoms with Crippen LogP contribution in [0.4, 0.5) is 5.69 Å². The van der Waals surface area contributed by atoms with Crippen LogP contribution in [0.5, 0.6) is 0 Å². The molecule has 0 aliphatic heterocycles. The average Bonchev–Trinajstić information content (AvgIpc) is 2.98. The minimum absolute atomic E-state index is 0.455. The molecular weight excluding hydrogens is 330 g/mol. The topological polar surface area (TPSA) is 64.9 Å². The fraction of sp³-hybridized carbons (Fsp3) is 0.125. The standard InChI is InChI=1S/C16H14BrN3O/c17-13-8-4-7-12(15(13)18)16-19-14(20-21-16)10-9-11-5-2-1-3-6-11/h1-8H,9-10,18H2. The van der Waals surface area contributed by atoms with Gasteiger partial charge in [0.25, 0.3) is 5.89 Å². The van der Waals surface area contributed by atoms with Crippen LogP contribution in [-0.2, 0) is 12.8 Å². The summed E-state index contributed by atoms with van der Waals surface area (Å²) in [6.45, 7) is 0. The lowest BCUT2D eigenvalue weighted by Gasteiger charge is -2.01. The molecule has 0 aliphatic carbocycles. The van der Waals surface area contributed by atoms with Gasteiger partial charge in [0.15, 0.2) is 5.82 Å². The van der Waals surface area contributed by atoms with Crippen LogP contribution in [-0.4, -0.2) is 10.1 Å². The SMILES string of the molecule is Nc1c(Br)cccc1-c1nc(CCc2ccccc2)no1. The van der Waals surface area contributed by atoms with E-state index in [0.717, 1.165) is 22.9 Å². The lowest BCUT2D eigenvalue weighted by molar-refractivity contribution is 0.422. The Morgan fingerprint density at radius 3 is 2.62 bits per heavy atom. The highest BCUT2D eigenvalue weighted by Crippen LogP contribution is 2.30. The summed E-state index contributed by atoms with van der Waals surface area (Å²) in [4.78, 5) is 4.42. The Morgan fingerprint density at radius 2 is 1.81 bits per heavy atom. The van der Waals surface area contributed by atoms with Crippen molar-refractivity contribution >= 4 is 21.6 Å². The quantitative estimate of drug-likeness (QED) is 0.730. The van der Waals surface area contributed by atoms with Crippen molar-refractivity contribution in [3.63, 3.8) is 0 Å². The Hall–Kier alpha value is -2.14. The molecule has 0 radical (unpaired) electrons. The number of aryl methyl sites for hydroxylation is 2. The van der Waals surface area contributed by atoms with Gasteiger partial charge in [-0.05, 0) is 40.0 Å². The van der Waals surface area contributed by atoms with Crippen molar-refractivity contribution in [3.05, 3.63) is 64.4 Å². The number of halogens is 1. The third-order valence-corrected chi connectivity index (χ3v) is 3.92. The maximum atomic E-state index is 6.01. The fourth-order valence-electron chi connectivity index (χ4n) is 2.09. The molecule has 106 valence electrons. The molecule has 0 fully saturated rings. The molecule has 0 atom stereocenters. The van der Waals surface area contributed by atoms with Crippen LogP contribution in [0.1, 0.15) is 11.4 Å². The van der Waals surface area contributed by atoms with E-state index in [9.17, 15) is 0 Å². The van der Waals surface area contributed by atoms with E-state index in [1.54, 1.807) is 0 Å². The van der Waals surface area contributed by atoms with Gasteiger partial charge in [-0.1, -0.05) is 41.6 Å². The summed E-state index contributed by atoms with van der Waals surface area (Å²) in [6, 6.07) is 15.9. The molecule has 3 aromatic rings. The Balaban J connectivity index is 1.76. The number of nitrogens with two attached hydrogens (primary N) is 1. The number of hydrogen-bond acceptors (Lipinski definition) is 4. The fourth-order valence-corrected chi connectivity index (χ4v) is 2.46. The highest BCUT2D eigenvalue weighted by molar-refractivity contribution is 9.10. The van der Waals surface area contributed by atoms with Crippen molar-refractivity contribution in [2.45, 2.75) is 12.8 Å². The molecule has 0 spiro atoms. The second-order valence-electron chi connectivity index (χ2n) is 4.70. The molecule has 1 aromatic heterocycles. The third-order valence-electron chi connectivity index (χ3n) is 3.23. The second-order valence-corrected chi connectivity index (χ2v) is 5.56. The summed E-state index contributed by atoms with van der Waals surface area (Å²) in [7, 11) is 0. The Bertz CT molecular complexity index is 740. The number of anilines is 1. The number of benzene rings is 2. The summed E-state index contributed by atoms with van der Waals surface area (Å²) in [5.41, 5.74) is 8.63. The zero-order valence-corrected chi connectivity index (χ0v) is 12.9. The second kappa shape index (κ2) is 6.10. The lowest BCUT2D eigenvalue weighted by atomic mass is 10.1. The number of nitrogens with zero attached hydrogens (tertiary/aromatic N) is 2. The molecule has 21 heavy (non-hydrogen) atoms. The predicted molar refractivity (Wildman–Crippen MR) is 85.7 cm³/mol. The summed E-state index contributed by atoms with van der Waals surface area (Å²) >= 11 is 3.40. The number of aromatic nitrogens is 2. The summed E-state index contributed by atoms with van der Waals surface area (Å²) < 4.78 is 6.14. The van der Waals surface area contributed by atoms with Gasteiger partial charge in [0.2, 0.25) is 0 Å². The van der Waals surface area contributed by atoms with E-state index in [1.165, 1.54) is 5.56 Å². The van der Waals surface area contributed by atoms with Crippen molar-refractivity contribution in [3.8, 4) is 11.5 Å². The van der Waals surface area contributed by atoms with Crippen LogP contribution in [0.2, 0.25) is 0 Å². The van der Waals surface area contributed by atoms with E-state index >= 15 is 0 Å². The maximum absolute atomic E-state index is 6.01. The smallest absolute Gasteiger partial charge is 0.260 e. The van der Waals surface area contributed by atoms with Crippen LogP contribution < -0.4 is 5.73 Å². The van der Waals surface area contributed by atoms with Gasteiger partial charge in [-0.3, -0.25) is 0 Å². The Kier molecular flexibility index (Phi) is 4.01. The molecule has 0 saturated heterocycles. The van der Waals surface area contributed by atoms with E-state index in [-0.39, 0.29) is 0 Å². The number of nitrogen functional groups attached to an aromatic ring is 1. The van der Waals surface area contributed by atoms with Crippen molar-refractivity contribution < 1.29 is 4.52 Å². The molecule has 0 aliphatic rings. The molecule has 2 aromatic carbocycles. The zero-order valence-electron chi connectivity index (χ0n) is 11.3. The maximum Gasteiger partial charge on any atom is 0.260 e. The van der Waals surface area contributed by atoms with Gasteiger partial charge in [0.1, 0.15) is 0 Å². The molecule has 0 amide bonds. The van der Waals surface area contributed by atoms with Crippen molar-refractivity contribution in [2.75, 3.05) is 5.73 Å². The van der Waals surface area contributed by atoms with Gasteiger partial charge < -0.3 is 10.3 Å². The first-order chi connectivity index (χ1) is 10.2. The average molecular weight is 344 g/mol. The molecule has 4 nitrogen and oxygen atoms in total. The summed E-state index contributed by atoms with van der Waals surface area (Å²) in [6.07, 6.45) is 1.62. The van der Waals surface area contributed by atoms with E-state index in [4.69, 9.17) is 10.3 Å². The molecule has 1 heterocycles. The van der Waals surface area contributed by atoms with Crippen LogP contribution in [0.15, 0.2) is 57.5 Å². The third kappa shape index (κ3) is 3.13. The van der Waals surface area contributed by atoms with Gasteiger partial charge in [-0.25, -0.2) is 0 Å². The number of rotatable bonds is 4. The van der Waals surface area contributed by atoms with Crippen LogP contribution in [0.25, 0.3) is 11.5 Å². The van der Waals surface area contributed by atoms with Gasteiger partial charge >= 0.3 is 0 Å². The summed E-state index contributed by atoms with van der Waals surface area (Å²) in [5.74, 6) is 1.14. The Morgan fingerprint density at radius 1 is 1.00 bits per heavy atom. The Labute approximate surface area is 131 Å². The number of hydrogen-bond donors (Lipinski definition) is 1. The molecule has 0 saturated carbocycles. The minimum Gasteiger partial charge on any atom is -0.397 e. The monoisotopic (exact) mass is 343 g/mol. The first kappa shape index (κ1) is 13.8. The van der Waals surface area contributed by atoms with Gasteiger partial charge in [0.05, 0.1) is 11.3 Å². The van der Waals surface area contributed by atoms with Crippen LogP contribution in [0.3, 0.4) is 0 Å². The molecular formula is C16H14BrN3O. The van der Waals surface area contributed by atoms with E-state index in [1.807, 2.05) is 36.4 Å². The molecule has 0 unspecified atom stereocenters. The predicted octanol–water partition coefficient (Wildman–Crippen LogP) is 3.87. The first-order valence-corrected chi connectivity index (χ1v) is 7.44. The van der Waals surface area contributed by atoms with Crippen LogP contribution >= 0.6 is 15.9 Å². The molecule has 2 N–H and O–H groups in total. The first-order valence-electron chi connectivity index (χ1n) is 6.65. The van der Waals surface area contributed by atoms with E-state index in [2.05, 4.69) is 38.2 Å². The van der Waals surface area contributed by atoms with Crippen molar-refractivity contribution in [1.82, 2.24) is 10.1 Å². The molecule has 3 rings (SSSR count). The minimum atomic E-state index is 0.455. The van der Waals surface area contributed by atoms with Crippen LogP contribution in [0, 0.1) is 0 Å². The summed E-state index contributed by atoms with van der Waals surface area (Å²) in [5, 5.41) is 4.02. The van der Waals surface area contributed by atoms with Crippen molar-refractivity contribution in [1.29, 1.82) is 0 Å². The van der Waals surface area contributed by atoms with Gasteiger partial charge in [-0.2, -0.15) is 4.98 Å². The van der Waals surface area contributed by atoms with E-state index < -0.39 is 0 Å². The number of para-hydroxylation sites is 1. The van der Waals surface area contributed by atoms with Crippen molar-refractivity contribution in [2.24, 2.45) is 0 Å².